The van der Waals surface area contributed by atoms with Crippen LogP contribution in [-0.2, 0) is 21.5 Å². The summed E-state index contributed by atoms with van der Waals surface area (Å²) in [5, 5.41) is 0. The average Bonchev–Trinajstić information content (AvgIpc) is 2.45. The zero-order valence-electron chi connectivity index (χ0n) is 12.5. The normalized spacial score (nSPS) is 16.5. The fourth-order valence-electron chi connectivity index (χ4n) is 1.93. The summed E-state index contributed by atoms with van der Waals surface area (Å²) in [5.41, 5.74) is 0.811. The van der Waals surface area contributed by atoms with Crippen molar-refractivity contribution in [2.75, 3.05) is 45.3 Å². The average molecular weight is 315 g/mol. The van der Waals surface area contributed by atoms with Crippen LogP contribution in [0, 0.1) is 6.92 Å². The summed E-state index contributed by atoms with van der Waals surface area (Å²) in [4.78, 5) is 10.8. The molecule has 1 aromatic heterocycles. The van der Waals surface area contributed by atoms with E-state index in [0.29, 0.717) is 19.0 Å². The molecule has 21 heavy (non-hydrogen) atoms. The van der Waals surface area contributed by atoms with Crippen LogP contribution in [0.2, 0.25) is 0 Å². The lowest BCUT2D eigenvalue weighted by molar-refractivity contribution is 0.122. The molecule has 1 fully saturated rings. The van der Waals surface area contributed by atoms with Gasteiger partial charge in [-0.1, -0.05) is 0 Å². The molecule has 1 aliphatic rings. The fourth-order valence-corrected chi connectivity index (χ4v) is 2.50. The molecule has 0 aromatic carbocycles. The number of hydrogen-bond donors (Lipinski definition) is 1. The molecule has 2 heterocycles. The first kappa shape index (κ1) is 16.1. The number of aryl methyl sites for hydroxylation is 1. The molecule has 1 aromatic rings. The summed E-state index contributed by atoms with van der Waals surface area (Å²) >= 11 is 0. The minimum absolute atomic E-state index is 0.0690. The number of anilines is 1. The van der Waals surface area contributed by atoms with Crippen LogP contribution in [0.25, 0.3) is 0 Å². The number of rotatable bonds is 5. The first-order valence-corrected chi connectivity index (χ1v) is 8.17. The van der Waals surface area contributed by atoms with Crippen LogP contribution in [0.1, 0.15) is 11.5 Å². The van der Waals surface area contributed by atoms with Crippen molar-refractivity contribution in [1.82, 2.24) is 19.0 Å². The maximum absolute atomic E-state index is 11.7. The summed E-state index contributed by atoms with van der Waals surface area (Å²) in [5.74, 6) is 1.27. The van der Waals surface area contributed by atoms with E-state index in [0.717, 1.165) is 28.9 Å². The Hall–Kier alpha value is -1.29. The Morgan fingerprint density at radius 1 is 1.33 bits per heavy atom. The van der Waals surface area contributed by atoms with Crippen LogP contribution in [0.15, 0.2) is 6.07 Å². The Bertz CT molecular complexity index is 585. The number of nitrogens with zero attached hydrogens (tertiary/aromatic N) is 4. The number of morpholine rings is 1. The van der Waals surface area contributed by atoms with Gasteiger partial charge >= 0.3 is 0 Å². The Morgan fingerprint density at radius 2 is 2.00 bits per heavy atom. The van der Waals surface area contributed by atoms with Crippen molar-refractivity contribution in [3.8, 4) is 0 Å². The van der Waals surface area contributed by atoms with Gasteiger partial charge in [0.1, 0.15) is 11.6 Å². The Kier molecular flexibility index (Phi) is 5.09. The molecule has 0 radical (unpaired) electrons. The monoisotopic (exact) mass is 315 g/mol. The lowest BCUT2D eigenvalue weighted by atomic mass is 10.3. The standard InChI is InChI=1S/C12H21N5O3S/c1-10-8-12(17-4-6-20-7-5-17)15-11(14-10)9-13-21(18,19)16(2)3/h8,13H,4-7,9H2,1-3H3. The summed E-state index contributed by atoms with van der Waals surface area (Å²) in [6.07, 6.45) is 0. The van der Waals surface area contributed by atoms with E-state index in [1.807, 2.05) is 13.0 Å². The minimum Gasteiger partial charge on any atom is -0.378 e. The second kappa shape index (κ2) is 6.65. The van der Waals surface area contributed by atoms with Crippen molar-refractivity contribution in [2.24, 2.45) is 0 Å². The summed E-state index contributed by atoms with van der Waals surface area (Å²) in [6, 6.07) is 1.90. The van der Waals surface area contributed by atoms with Crippen LogP contribution in [0.4, 0.5) is 5.82 Å². The van der Waals surface area contributed by atoms with Gasteiger partial charge in [-0.3, -0.25) is 0 Å². The van der Waals surface area contributed by atoms with Crippen molar-refractivity contribution < 1.29 is 13.2 Å². The lowest BCUT2D eigenvalue weighted by Crippen LogP contribution is -2.38. The summed E-state index contributed by atoms with van der Waals surface area (Å²) < 4.78 is 32.3. The van der Waals surface area contributed by atoms with Gasteiger partial charge in [-0.05, 0) is 6.92 Å². The molecule has 0 amide bonds. The smallest absolute Gasteiger partial charge is 0.279 e. The van der Waals surface area contributed by atoms with Gasteiger partial charge in [0.15, 0.2) is 0 Å². The highest BCUT2D eigenvalue weighted by Gasteiger charge is 2.16. The number of hydrogen-bond acceptors (Lipinski definition) is 6. The molecule has 0 saturated carbocycles. The van der Waals surface area contributed by atoms with E-state index in [4.69, 9.17) is 4.74 Å². The van der Waals surface area contributed by atoms with E-state index in [9.17, 15) is 8.42 Å². The third kappa shape index (κ3) is 4.34. The molecule has 118 valence electrons. The predicted octanol–water partition coefficient (Wildman–Crippen LogP) is -0.482. The second-order valence-corrected chi connectivity index (χ2v) is 6.96. The third-order valence-corrected chi connectivity index (χ3v) is 4.59. The Labute approximate surface area is 125 Å². The van der Waals surface area contributed by atoms with Crippen molar-refractivity contribution in [3.05, 3.63) is 17.6 Å². The fraction of sp³-hybridized carbons (Fsp3) is 0.667. The quantitative estimate of drug-likeness (QED) is 0.789. The first-order chi connectivity index (χ1) is 9.88. The van der Waals surface area contributed by atoms with Crippen LogP contribution < -0.4 is 9.62 Å². The summed E-state index contributed by atoms with van der Waals surface area (Å²) in [6.45, 7) is 4.84. The van der Waals surface area contributed by atoms with Crippen molar-refractivity contribution in [1.29, 1.82) is 0 Å². The second-order valence-electron chi connectivity index (χ2n) is 4.99. The Balaban J connectivity index is 2.11. The summed E-state index contributed by atoms with van der Waals surface area (Å²) in [7, 11) is -0.536. The van der Waals surface area contributed by atoms with Gasteiger partial charge in [0.2, 0.25) is 0 Å². The Morgan fingerprint density at radius 3 is 2.62 bits per heavy atom. The van der Waals surface area contributed by atoms with Gasteiger partial charge in [0.25, 0.3) is 10.2 Å². The van der Waals surface area contributed by atoms with Crippen molar-refractivity contribution >= 4 is 16.0 Å². The molecule has 1 aliphatic heterocycles. The van der Waals surface area contributed by atoms with Gasteiger partial charge in [0, 0.05) is 38.9 Å². The molecular weight excluding hydrogens is 294 g/mol. The highest BCUT2D eigenvalue weighted by atomic mass is 32.2. The van der Waals surface area contributed by atoms with Crippen LogP contribution >= 0.6 is 0 Å². The maximum atomic E-state index is 11.7. The topological polar surface area (TPSA) is 87.7 Å². The highest BCUT2D eigenvalue weighted by Crippen LogP contribution is 2.14. The number of ether oxygens (including phenoxy) is 1. The van der Waals surface area contributed by atoms with Gasteiger partial charge in [-0.25, -0.2) is 9.97 Å². The maximum Gasteiger partial charge on any atom is 0.279 e. The van der Waals surface area contributed by atoms with Crippen LogP contribution in [-0.4, -0.2) is 63.1 Å². The van der Waals surface area contributed by atoms with E-state index >= 15 is 0 Å². The first-order valence-electron chi connectivity index (χ1n) is 6.73. The zero-order valence-corrected chi connectivity index (χ0v) is 13.4. The molecule has 2 rings (SSSR count). The van der Waals surface area contributed by atoms with Gasteiger partial charge in [-0.2, -0.15) is 17.4 Å². The zero-order chi connectivity index (χ0) is 15.5. The third-order valence-electron chi connectivity index (χ3n) is 3.12. The van der Waals surface area contributed by atoms with Gasteiger partial charge in [-0.15, -0.1) is 0 Å². The SMILES string of the molecule is Cc1cc(N2CCOCC2)nc(CNS(=O)(=O)N(C)C)n1. The number of aromatic nitrogens is 2. The molecule has 0 bridgehead atoms. The lowest BCUT2D eigenvalue weighted by Gasteiger charge is -2.28. The largest absolute Gasteiger partial charge is 0.378 e. The van der Waals surface area contributed by atoms with Crippen LogP contribution in [0.5, 0.6) is 0 Å². The van der Waals surface area contributed by atoms with Gasteiger partial charge in [0.05, 0.1) is 19.8 Å². The molecule has 0 spiro atoms. The van der Waals surface area contributed by atoms with E-state index < -0.39 is 10.2 Å². The van der Waals surface area contributed by atoms with E-state index in [-0.39, 0.29) is 6.54 Å². The highest BCUT2D eigenvalue weighted by molar-refractivity contribution is 7.87. The molecule has 8 nitrogen and oxygen atoms in total. The van der Waals surface area contributed by atoms with Gasteiger partial charge < -0.3 is 9.64 Å². The van der Waals surface area contributed by atoms with E-state index in [1.54, 1.807) is 0 Å². The molecule has 9 heteroatoms. The van der Waals surface area contributed by atoms with Crippen molar-refractivity contribution in [2.45, 2.75) is 13.5 Å². The van der Waals surface area contributed by atoms with E-state index in [1.165, 1.54) is 14.1 Å². The molecule has 0 aliphatic carbocycles. The molecule has 0 atom stereocenters. The predicted molar refractivity (Wildman–Crippen MR) is 79.2 cm³/mol. The number of nitrogens with one attached hydrogen (secondary N) is 1. The molecule has 1 N–H and O–H groups in total. The van der Waals surface area contributed by atoms with E-state index in [2.05, 4.69) is 19.6 Å². The molecule has 0 unspecified atom stereocenters. The van der Waals surface area contributed by atoms with Crippen LogP contribution in [0.3, 0.4) is 0 Å². The van der Waals surface area contributed by atoms with Crippen molar-refractivity contribution in [3.63, 3.8) is 0 Å². The molecule has 1 saturated heterocycles. The minimum atomic E-state index is -3.48. The molecular formula is C12H21N5O3S.